The highest BCUT2D eigenvalue weighted by atomic mass is 35.5. The Balaban J connectivity index is 0.00000242. The van der Waals surface area contributed by atoms with Gasteiger partial charge in [-0.1, -0.05) is 13.0 Å². The number of nitrogens with one attached hydrogen (secondary N) is 3. The lowest BCUT2D eigenvalue weighted by Crippen LogP contribution is -2.54. The highest BCUT2D eigenvalue weighted by molar-refractivity contribution is 7.91. The van der Waals surface area contributed by atoms with Crippen molar-refractivity contribution in [3.63, 3.8) is 0 Å². The van der Waals surface area contributed by atoms with E-state index >= 15 is 0 Å². The highest BCUT2D eigenvalue weighted by Crippen LogP contribution is 2.16. The molecule has 1 amide bonds. The summed E-state index contributed by atoms with van der Waals surface area (Å²) in [5, 5.41) is 7.83. The molecule has 2 rings (SSSR count). The number of halogens is 1. The molecular weight excluding hydrogens is 346 g/mol. The van der Waals surface area contributed by atoms with Gasteiger partial charge in [-0.25, -0.2) is 8.42 Å². The molecule has 0 radical (unpaired) electrons. The lowest BCUT2D eigenvalue weighted by atomic mass is 9.94. The van der Waals surface area contributed by atoms with Gasteiger partial charge in [0.25, 0.3) is 10.0 Å². The molecule has 3 N–H and O–H groups in total. The molecule has 0 aliphatic carbocycles. The SMILES string of the molecule is CC(NS(=O)(=O)c1cccs1)C(=O)NC1CNCCC1C.Cl. The Morgan fingerprint density at radius 3 is 2.82 bits per heavy atom. The van der Waals surface area contributed by atoms with Crippen molar-refractivity contribution < 1.29 is 13.2 Å². The fourth-order valence-corrected chi connectivity index (χ4v) is 4.46. The average molecular weight is 368 g/mol. The fraction of sp³-hybridized carbons (Fsp3) is 0.615. The van der Waals surface area contributed by atoms with Crippen molar-refractivity contribution in [3.8, 4) is 0 Å². The zero-order valence-corrected chi connectivity index (χ0v) is 15.0. The van der Waals surface area contributed by atoms with Crippen LogP contribution < -0.4 is 15.4 Å². The molecule has 1 aromatic heterocycles. The third kappa shape index (κ3) is 4.92. The predicted octanol–water partition coefficient (Wildman–Crippen LogP) is 0.951. The van der Waals surface area contributed by atoms with Gasteiger partial charge in [0.05, 0.1) is 6.04 Å². The van der Waals surface area contributed by atoms with Crippen LogP contribution in [-0.4, -0.2) is 39.5 Å². The Morgan fingerprint density at radius 2 is 2.23 bits per heavy atom. The van der Waals surface area contributed by atoms with Gasteiger partial charge >= 0.3 is 0 Å². The topological polar surface area (TPSA) is 87.3 Å². The van der Waals surface area contributed by atoms with Gasteiger partial charge in [0.1, 0.15) is 4.21 Å². The van der Waals surface area contributed by atoms with E-state index in [1.165, 1.54) is 6.07 Å². The molecular formula is C13H22ClN3O3S2. The minimum Gasteiger partial charge on any atom is -0.350 e. The summed E-state index contributed by atoms with van der Waals surface area (Å²) in [7, 11) is -3.62. The number of sulfonamides is 1. The van der Waals surface area contributed by atoms with E-state index in [2.05, 4.69) is 22.3 Å². The molecule has 0 saturated carbocycles. The first-order valence-corrected chi connectivity index (χ1v) is 9.33. The van der Waals surface area contributed by atoms with E-state index in [0.717, 1.165) is 30.8 Å². The van der Waals surface area contributed by atoms with Gasteiger partial charge in [-0.3, -0.25) is 4.79 Å². The molecule has 2 heterocycles. The minimum absolute atomic E-state index is 0. The van der Waals surface area contributed by atoms with Gasteiger partial charge in [-0.2, -0.15) is 4.72 Å². The van der Waals surface area contributed by atoms with E-state index in [1.54, 1.807) is 18.4 Å². The first kappa shape index (κ1) is 19.4. The summed E-state index contributed by atoms with van der Waals surface area (Å²) in [6, 6.07) is 2.43. The van der Waals surface area contributed by atoms with Gasteiger partial charge in [0.15, 0.2) is 0 Å². The summed E-state index contributed by atoms with van der Waals surface area (Å²) in [5.74, 6) is 0.0898. The maximum atomic E-state index is 12.1. The van der Waals surface area contributed by atoms with E-state index < -0.39 is 16.1 Å². The zero-order valence-electron chi connectivity index (χ0n) is 12.5. The lowest BCUT2D eigenvalue weighted by Gasteiger charge is -2.31. The molecule has 6 nitrogen and oxygen atoms in total. The molecule has 1 saturated heterocycles. The highest BCUT2D eigenvalue weighted by Gasteiger charge is 2.27. The van der Waals surface area contributed by atoms with Crippen LogP contribution in [0.1, 0.15) is 20.3 Å². The van der Waals surface area contributed by atoms with E-state index in [1.807, 2.05) is 0 Å². The van der Waals surface area contributed by atoms with Gasteiger partial charge in [-0.05, 0) is 37.3 Å². The first-order valence-electron chi connectivity index (χ1n) is 6.97. The second-order valence-electron chi connectivity index (χ2n) is 5.36. The standard InChI is InChI=1S/C13H21N3O3S2.ClH/c1-9-5-6-14-8-11(9)15-13(17)10(2)16-21(18,19)12-4-3-7-20-12;/h3-4,7,9-11,14,16H,5-6,8H2,1-2H3,(H,15,17);1H. The Labute approximate surface area is 141 Å². The first-order chi connectivity index (χ1) is 9.90. The number of hydrogen-bond acceptors (Lipinski definition) is 5. The number of carbonyl (C=O) groups excluding carboxylic acids is 1. The molecule has 22 heavy (non-hydrogen) atoms. The monoisotopic (exact) mass is 367 g/mol. The summed E-state index contributed by atoms with van der Waals surface area (Å²) in [6.45, 7) is 5.32. The van der Waals surface area contributed by atoms with Crippen LogP contribution in [0.2, 0.25) is 0 Å². The van der Waals surface area contributed by atoms with Gasteiger partial charge in [-0.15, -0.1) is 23.7 Å². The van der Waals surface area contributed by atoms with Crippen molar-refractivity contribution in [2.45, 2.75) is 36.6 Å². The van der Waals surface area contributed by atoms with Crippen molar-refractivity contribution in [1.82, 2.24) is 15.4 Å². The van der Waals surface area contributed by atoms with E-state index in [9.17, 15) is 13.2 Å². The molecule has 0 aromatic carbocycles. The average Bonchev–Trinajstić information content (AvgIpc) is 2.95. The van der Waals surface area contributed by atoms with Crippen molar-refractivity contribution in [3.05, 3.63) is 17.5 Å². The molecule has 126 valence electrons. The van der Waals surface area contributed by atoms with Crippen LogP contribution in [0.15, 0.2) is 21.7 Å². The van der Waals surface area contributed by atoms with Crippen molar-refractivity contribution in [2.24, 2.45) is 5.92 Å². The molecule has 9 heteroatoms. The maximum absolute atomic E-state index is 12.1. The Bertz CT molecular complexity index is 577. The molecule has 0 spiro atoms. The predicted molar refractivity (Wildman–Crippen MR) is 89.9 cm³/mol. The van der Waals surface area contributed by atoms with E-state index in [4.69, 9.17) is 0 Å². The molecule has 0 bridgehead atoms. The van der Waals surface area contributed by atoms with Crippen LogP contribution >= 0.6 is 23.7 Å². The normalized spacial score (nSPS) is 23.4. The summed E-state index contributed by atoms with van der Waals surface area (Å²) < 4.78 is 26.8. The summed E-state index contributed by atoms with van der Waals surface area (Å²) in [5.41, 5.74) is 0. The number of carbonyl (C=O) groups is 1. The Hall–Kier alpha value is -0.670. The van der Waals surface area contributed by atoms with Crippen molar-refractivity contribution in [1.29, 1.82) is 0 Å². The summed E-state index contributed by atoms with van der Waals surface area (Å²) in [6.07, 6.45) is 1.00. The summed E-state index contributed by atoms with van der Waals surface area (Å²) in [4.78, 5) is 12.1. The molecule has 1 aliphatic heterocycles. The van der Waals surface area contributed by atoms with Crippen LogP contribution in [0.25, 0.3) is 0 Å². The molecule has 1 fully saturated rings. The Kier molecular flexibility index (Phi) is 7.27. The second-order valence-corrected chi connectivity index (χ2v) is 8.25. The number of amides is 1. The Morgan fingerprint density at radius 1 is 1.50 bits per heavy atom. The van der Waals surface area contributed by atoms with Crippen LogP contribution in [0, 0.1) is 5.92 Å². The zero-order chi connectivity index (χ0) is 15.5. The number of rotatable bonds is 5. The summed E-state index contributed by atoms with van der Waals surface area (Å²) >= 11 is 1.13. The molecule has 3 unspecified atom stereocenters. The molecule has 1 aromatic rings. The number of hydrogen-bond donors (Lipinski definition) is 3. The molecule has 1 aliphatic rings. The quantitative estimate of drug-likeness (QED) is 0.723. The third-order valence-corrected chi connectivity index (χ3v) is 6.58. The number of thiophene rings is 1. The van der Waals surface area contributed by atoms with Gasteiger partial charge < -0.3 is 10.6 Å². The van der Waals surface area contributed by atoms with Crippen LogP contribution in [0.4, 0.5) is 0 Å². The van der Waals surface area contributed by atoms with Crippen LogP contribution in [-0.2, 0) is 14.8 Å². The van der Waals surface area contributed by atoms with Gasteiger partial charge in [0.2, 0.25) is 5.91 Å². The maximum Gasteiger partial charge on any atom is 0.250 e. The van der Waals surface area contributed by atoms with Gasteiger partial charge in [0, 0.05) is 12.6 Å². The van der Waals surface area contributed by atoms with Crippen molar-refractivity contribution in [2.75, 3.05) is 13.1 Å². The second kappa shape index (κ2) is 8.26. The smallest absolute Gasteiger partial charge is 0.250 e. The van der Waals surface area contributed by atoms with Crippen LogP contribution in [0.3, 0.4) is 0 Å². The largest absolute Gasteiger partial charge is 0.350 e. The third-order valence-electron chi connectivity index (χ3n) is 3.64. The van der Waals surface area contributed by atoms with Crippen LogP contribution in [0.5, 0.6) is 0 Å². The minimum atomic E-state index is -3.62. The lowest BCUT2D eigenvalue weighted by molar-refractivity contribution is -0.123. The molecule has 3 atom stereocenters. The van der Waals surface area contributed by atoms with Crippen molar-refractivity contribution >= 4 is 39.7 Å². The van der Waals surface area contributed by atoms with E-state index in [-0.39, 0.29) is 28.6 Å². The fourth-order valence-electron chi connectivity index (χ4n) is 2.25. The van der Waals surface area contributed by atoms with E-state index in [0.29, 0.717) is 5.92 Å². The number of piperidine rings is 1.